The molecule has 0 aliphatic heterocycles. The van der Waals surface area contributed by atoms with E-state index in [2.05, 4.69) is 26.4 Å². The second-order valence-corrected chi connectivity index (χ2v) is 5.36. The zero-order valence-electron chi connectivity index (χ0n) is 10.1. The third-order valence-electron chi connectivity index (χ3n) is 2.49. The first kappa shape index (κ1) is 12.8. The van der Waals surface area contributed by atoms with E-state index in [4.69, 9.17) is 4.52 Å². The van der Waals surface area contributed by atoms with Crippen molar-refractivity contribution in [3.63, 3.8) is 0 Å². The molecule has 1 heterocycles. The summed E-state index contributed by atoms with van der Waals surface area (Å²) >= 11 is 3.50. The predicted molar refractivity (Wildman–Crippen MR) is 73.0 cm³/mol. The van der Waals surface area contributed by atoms with Crippen molar-refractivity contribution >= 4 is 27.5 Å². The molecule has 0 saturated heterocycles. The van der Waals surface area contributed by atoms with E-state index in [-0.39, 0.29) is 16.5 Å². The van der Waals surface area contributed by atoms with Crippen molar-refractivity contribution < 1.29 is 9.32 Å². The number of hydrogen-bond donors (Lipinski definition) is 1. The fourth-order valence-corrected chi connectivity index (χ4v) is 2.01. The van der Waals surface area contributed by atoms with Gasteiger partial charge in [0.05, 0.1) is 5.69 Å². The van der Waals surface area contributed by atoms with Crippen LogP contribution in [0.4, 0.5) is 5.69 Å². The van der Waals surface area contributed by atoms with Crippen LogP contribution in [-0.4, -0.2) is 11.1 Å². The first-order valence-corrected chi connectivity index (χ1v) is 6.47. The molecule has 1 aromatic carbocycles. The molecule has 1 amide bonds. The number of hydrogen-bond acceptors (Lipinski definition) is 3. The number of nitrogens with zero attached hydrogens (tertiary/aromatic N) is 1. The number of nitrogens with one attached hydrogen (secondary N) is 1. The Balaban J connectivity index is 2.22. The number of carbonyl (C=O) groups excluding carboxylic acids is 1. The molecule has 1 unspecified atom stereocenters. The SMILES string of the molecule is Cc1cc(C(=O)Nc2ccccc2C(C)Br)on1. The van der Waals surface area contributed by atoms with Crippen molar-refractivity contribution in [2.45, 2.75) is 18.7 Å². The van der Waals surface area contributed by atoms with Gasteiger partial charge in [-0.3, -0.25) is 4.79 Å². The Labute approximate surface area is 113 Å². The summed E-state index contributed by atoms with van der Waals surface area (Å²) in [4.78, 5) is 12.1. The molecular weight excluding hydrogens is 296 g/mol. The molecule has 18 heavy (non-hydrogen) atoms. The van der Waals surface area contributed by atoms with Gasteiger partial charge in [0.1, 0.15) is 0 Å². The van der Waals surface area contributed by atoms with Crippen LogP contribution in [0.1, 0.15) is 33.6 Å². The van der Waals surface area contributed by atoms with Crippen LogP contribution < -0.4 is 5.32 Å². The van der Waals surface area contributed by atoms with Crippen LogP contribution in [0.15, 0.2) is 34.9 Å². The highest BCUT2D eigenvalue weighted by atomic mass is 79.9. The lowest BCUT2D eigenvalue weighted by Crippen LogP contribution is -2.12. The minimum atomic E-state index is -0.295. The minimum absolute atomic E-state index is 0.158. The second kappa shape index (κ2) is 5.35. The Morgan fingerprint density at radius 1 is 1.44 bits per heavy atom. The van der Waals surface area contributed by atoms with E-state index in [1.165, 1.54) is 0 Å². The molecule has 1 N–H and O–H groups in total. The maximum atomic E-state index is 11.9. The van der Waals surface area contributed by atoms with Gasteiger partial charge in [-0.2, -0.15) is 0 Å². The van der Waals surface area contributed by atoms with Gasteiger partial charge in [-0.05, 0) is 25.5 Å². The lowest BCUT2D eigenvalue weighted by Gasteiger charge is -2.11. The van der Waals surface area contributed by atoms with Crippen molar-refractivity contribution in [3.05, 3.63) is 47.3 Å². The van der Waals surface area contributed by atoms with Gasteiger partial charge < -0.3 is 9.84 Å². The second-order valence-electron chi connectivity index (χ2n) is 3.99. The Kier molecular flexibility index (Phi) is 3.81. The molecule has 1 atom stereocenters. The summed E-state index contributed by atoms with van der Waals surface area (Å²) in [6, 6.07) is 9.23. The van der Waals surface area contributed by atoms with Crippen LogP contribution in [0, 0.1) is 6.92 Å². The van der Waals surface area contributed by atoms with E-state index in [0.717, 1.165) is 11.3 Å². The number of rotatable bonds is 3. The standard InChI is InChI=1S/C13H13BrN2O2/c1-8-7-12(18-16-8)13(17)15-11-6-4-3-5-10(11)9(2)14/h3-7,9H,1-2H3,(H,15,17). The molecule has 0 fully saturated rings. The summed E-state index contributed by atoms with van der Waals surface area (Å²) in [5.74, 6) is -0.0827. The van der Waals surface area contributed by atoms with Gasteiger partial charge in [0.25, 0.3) is 5.91 Å². The summed E-state index contributed by atoms with van der Waals surface area (Å²) in [5, 5.41) is 6.51. The normalized spacial score (nSPS) is 12.2. The number of alkyl halides is 1. The van der Waals surface area contributed by atoms with Crippen LogP contribution in [0.3, 0.4) is 0 Å². The van der Waals surface area contributed by atoms with Crippen molar-refractivity contribution in [2.75, 3.05) is 5.32 Å². The zero-order chi connectivity index (χ0) is 13.1. The number of halogens is 1. The van der Waals surface area contributed by atoms with Crippen LogP contribution >= 0.6 is 15.9 Å². The Bertz CT molecular complexity index is 564. The molecule has 5 heteroatoms. The van der Waals surface area contributed by atoms with E-state index < -0.39 is 0 Å². The minimum Gasteiger partial charge on any atom is -0.351 e. The van der Waals surface area contributed by atoms with Gasteiger partial charge in [-0.1, -0.05) is 39.3 Å². The van der Waals surface area contributed by atoms with Gasteiger partial charge in [0, 0.05) is 16.6 Å². The van der Waals surface area contributed by atoms with Crippen LogP contribution in [0.25, 0.3) is 0 Å². The molecule has 2 rings (SSSR count). The Morgan fingerprint density at radius 3 is 2.78 bits per heavy atom. The molecule has 0 aliphatic carbocycles. The van der Waals surface area contributed by atoms with Crippen molar-refractivity contribution in [1.29, 1.82) is 0 Å². The summed E-state index contributed by atoms with van der Waals surface area (Å²) in [7, 11) is 0. The number of carbonyl (C=O) groups is 1. The van der Waals surface area contributed by atoms with Crippen molar-refractivity contribution in [2.24, 2.45) is 0 Å². The molecule has 0 bridgehead atoms. The lowest BCUT2D eigenvalue weighted by molar-refractivity contribution is 0.0988. The average molecular weight is 309 g/mol. The third kappa shape index (κ3) is 2.79. The third-order valence-corrected chi connectivity index (χ3v) is 2.98. The van der Waals surface area contributed by atoms with Crippen molar-refractivity contribution in [3.8, 4) is 0 Å². The maximum Gasteiger partial charge on any atom is 0.294 e. The first-order chi connectivity index (χ1) is 8.58. The highest BCUT2D eigenvalue weighted by molar-refractivity contribution is 9.09. The fourth-order valence-electron chi connectivity index (χ4n) is 1.61. The first-order valence-electron chi connectivity index (χ1n) is 5.55. The van der Waals surface area contributed by atoms with Crippen LogP contribution in [0.5, 0.6) is 0 Å². The van der Waals surface area contributed by atoms with E-state index in [9.17, 15) is 4.79 Å². The lowest BCUT2D eigenvalue weighted by atomic mass is 10.1. The molecule has 4 nitrogen and oxygen atoms in total. The van der Waals surface area contributed by atoms with E-state index in [0.29, 0.717) is 5.69 Å². The number of aryl methyl sites for hydroxylation is 1. The van der Waals surface area contributed by atoms with E-state index in [1.54, 1.807) is 13.0 Å². The molecule has 0 aliphatic rings. The number of amides is 1. The fraction of sp³-hybridized carbons (Fsp3) is 0.231. The maximum absolute atomic E-state index is 11.9. The molecule has 94 valence electrons. The monoisotopic (exact) mass is 308 g/mol. The molecule has 0 radical (unpaired) electrons. The number of anilines is 1. The Morgan fingerprint density at radius 2 is 2.17 bits per heavy atom. The smallest absolute Gasteiger partial charge is 0.294 e. The Hall–Kier alpha value is -1.62. The van der Waals surface area contributed by atoms with Crippen molar-refractivity contribution in [1.82, 2.24) is 5.16 Å². The molecule has 0 saturated carbocycles. The summed E-state index contributed by atoms with van der Waals surface area (Å²) in [5.41, 5.74) is 2.46. The van der Waals surface area contributed by atoms with Gasteiger partial charge in [-0.15, -0.1) is 0 Å². The molecule has 0 spiro atoms. The predicted octanol–water partition coefficient (Wildman–Crippen LogP) is 3.69. The molecule has 1 aromatic heterocycles. The summed E-state index contributed by atoms with van der Waals surface area (Å²) in [6.45, 7) is 3.78. The molecule has 2 aromatic rings. The van der Waals surface area contributed by atoms with E-state index >= 15 is 0 Å². The number of aromatic nitrogens is 1. The summed E-state index contributed by atoms with van der Waals surface area (Å²) in [6.07, 6.45) is 0. The van der Waals surface area contributed by atoms with Gasteiger partial charge in [0.2, 0.25) is 5.76 Å². The highest BCUT2D eigenvalue weighted by Gasteiger charge is 2.14. The number of benzene rings is 1. The quantitative estimate of drug-likeness (QED) is 0.880. The topological polar surface area (TPSA) is 55.1 Å². The number of para-hydroxylation sites is 1. The van der Waals surface area contributed by atoms with E-state index in [1.807, 2.05) is 31.2 Å². The van der Waals surface area contributed by atoms with Crippen LogP contribution in [-0.2, 0) is 0 Å². The van der Waals surface area contributed by atoms with Crippen LogP contribution in [0.2, 0.25) is 0 Å². The largest absolute Gasteiger partial charge is 0.351 e. The van der Waals surface area contributed by atoms with Gasteiger partial charge >= 0.3 is 0 Å². The van der Waals surface area contributed by atoms with Gasteiger partial charge in [-0.25, -0.2) is 0 Å². The summed E-state index contributed by atoms with van der Waals surface area (Å²) < 4.78 is 4.92. The highest BCUT2D eigenvalue weighted by Crippen LogP contribution is 2.28. The average Bonchev–Trinajstić information content (AvgIpc) is 2.76. The van der Waals surface area contributed by atoms with Gasteiger partial charge in [0.15, 0.2) is 0 Å². The molecular formula is C13H13BrN2O2. The zero-order valence-corrected chi connectivity index (χ0v) is 11.7.